The molecular formula is C14H11F2NO3. The van der Waals surface area contributed by atoms with Crippen molar-refractivity contribution in [2.24, 2.45) is 11.8 Å². The number of amides is 2. The average molecular weight is 279 g/mol. The first-order valence-corrected chi connectivity index (χ1v) is 6.56. The number of anilines is 1. The number of carbonyl (C=O) groups excluding carboxylic acids is 2. The molecule has 4 nitrogen and oxygen atoms in total. The third kappa shape index (κ3) is 1.37. The highest BCUT2D eigenvalue weighted by Crippen LogP contribution is 2.49. The molecule has 0 saturated carbocycles. The fourth-order valence-electron chi connectivity index (χ4n) is 3.59. The van der Waals surface area contributed by atoms with Gasteiger partial charge in [0.05, 0.1) is 29.7 Å². The minimum Gasteiger partial charge on any atom is -0.373 e. The first-order valence-electron chi connectivity index (χ1n) is 6.56. The van der Waals surface area contributed by atoms with E-state index in [1.54, 1.807) is 0 Å². The Kier molecular flexibility index (Phi) is 2.30. The van der Waals surface area contributed by atoms with Crippen LogP contribution in [0, 0.1) is 23.5 Å². The molecule has 0 radical (unpaired) electrons. The molecule has 3 heterocycles. The molecule has 104 valence electrons. The highest BCUT2D eigenvalue weighted by Gasteiger charge is 2.62. The Bertz CT molecular complexity index is 605. The van der Waals surface area contributed by atoms with E-state index in [0.29, 0.717) is 0 Å². The smallest absolute Gasteiger partial charge is 0.240 e. The number of imide groups is 1. The number of fused-ring (bicyclic) bond motifs is 5. The molecule has 6 heteroatoms. The number of nitrogens with zero attached hydrogens (tertiary/aromatic N) is 1. The van der Waals surface area contributed by atoms with E-state index in [4.69, 9.17) is 4.74 Å². The zero-order valence-corrected chi connectivity index (χ0v) is 10.4. The van der Waals surface area contributed by atoms with Crippen LogP contribution in [0.25, 0.3) is 0 Å². The number of carbonyl (C=O) groups is 2. The van der Waals surface area contributed by atoms with E-state index in [1.807, 2.05) is 0 Å². The molecule has 3 saturated heterocycles. The Balaban J connectivity index is 1.74. The van der Waals surface area contributed by atoms with Crippen LogP contribution in [0.4, 0.5) is 14.5 Å². The van der Waals surface area contributed by atoms with Gasteiger partial charge in [-0.15, -0.1) is 0 Å². The van der Waals surface area contributed by atoms with Crippen molar-refractivity contribution in [3.63, 3.8) is 0 Å². The largest absolute Gasteiger partial charge is 0.373 e. The molecular weight excluding hydrogens is 268 g/mol. The lowest BCUT2D eigenvalue weighted by Crippen LogP contribution is -2.34. The summed E-state index contributed by atoms with van der Waals surface area (Å²) in [5.74, 6) is -3.73. The molecule has 4 unspecified atom stereocenters. The zero-order valence-electron chi connectivity index (χ0n) is 10.4. The molecule has 0 aromatic heterocycles. The molecule has 4 atom stereocenters. The van der Waals surface area contributed by atoms with Crippen molar-refractivity contribution < 1.29 is 23.1 Å². The van der Waals surface area contributed by atoms with Gasteiger partial charge in [0.25, 0.3) is 0 Å². The first-order chi connectivity index (χ1) is 9.58. The van der Waals surface area contributed by atoms with Gasteiger partial charge in [-0.3, -0.25) is 9.59 Å². The second-order valence-corrected chi connectivity index (χ2v) is 5.45. The van der Waals surface area contributed by atoms with Crippen LogP contribution in [0.2, 0.25) is 0 Å². The molecule has 20 heavy (non-hydrogen) atoms. The number of ether oxygens (including phenoxy) is 1. The Morgan fingerprint density at radius 3 is 2.15 bits per heavy atom. The van der Waals surface area contributed by atoms with Crippen molar-refractivity contribution in [2.75, 3.05) is 4.90 Å². The molecule has 2 bridgehead atoms. The maximum atomic E-state index is 13.3. The monoisotopic (exact) mass is 279 g/mol. The summed E-state index contributed by atoms with van der Waals surface area (Å²) < 4.78 is 31.9. The van der Waals surface area contributed by atoms with Gasteiger partial charge in [-0.2, -0.15) is 0 Å². The van der Waals surface area contributed by atoms with Crippen molar-refractivity contribution >= 4 is 17.5 Å². The van der Waals surface area contributed by atoms with Crippen molar-refractivity contribution in [1.29, 1.82) is 0 Å². The van der Waals surface area contributed by atoms with Crippen molar-refractivity contribution in [3.8, 4) is 0 Å². The summed E-state index contributed by atoms with van der Waals surface area (Å²) in [5.41, 5.74) is 0.0905. The van der Waals surface area contributed by atoms with Gasteiger partial charge in [0.1, 0.15) is 0 Å². The van der Waals surface area contributed by atoms with Gasteiger partial charge in [-0.05, 0) is 25.0 Å². The van der Waals surface area contributed by atoms with Crippen LogP contribution in [0.5, 0.6) is 0 Å². The second kappa shape index (κ2) is 3.85. The predicted octanol–water partition coefficient (Wildman–Crippen LogP) is 1.63. The van der Waals surface area contributed by atoms with Crippen LogP contribution < -0.4 is 4.90 Å². The molecule has 1 aromatic rings. The van der Waals surface area contributed by atoms with E-state index >= 15 is 0 Å². The van der Waals surface area contributed by atoms with Crippen LogP contribution in [0.1, 0.15) is 12.8 Å². The van der Waals surface area contributed by atoms with Gasteiger partial charge in [0.15, 0.2) is 11.6 Å². The Morgan fingerprint density at radius 1 is 1.00 bits per heavy atom. The van der Waals surface area contributed by atoms with E-state index in [-0.39, 0.29) is 29.7 Å². The van der Waals surface area contributed by atoms with Gasteiger partial charge >= 0.3 is 0 Å². The molecule has 3 aliphatic heterocycles. The SMILES string of the molecule is O=C1C2C3CCC(O3)C2C(=O)N1c1ccc(F)c(F)c1. The minimum absolute atomic E-state index is 0.0905. The summed E-state index contributed by atoms with van der Waals surface area (Å²) in [7, 11) is 0. The summed E-state index contributed by atoms with van der Waals surface area (Å²) in [6, 6.07) is 3.05. The Labute approximate surface area is 113 Å². The van der Waals surface area contributed by atoms with Crippen molar-refractivity contribution in [1.82, 2.24) is 0 Å². The van der Waals surface area contributed by atoms with E-state index in [9.17, 15) is 18.4 Å². The maximum Gasteiger partial charge on any atom is 0.240 e. The first kappa shape index (κ1) is 12.0. The van der Waals surface area contributed by atoms with Gasteiger partial charge in [0.2, 0.25) is 11.8 Å². The van der Waals surface area contributed by atoms with Gasteiger partial charge < -0.3 is 4.74 Å². The maximum absolute atomic E-state index is 13.3. The predicted molar refractivity (Wildman–Crippen MR) is 63.7 cm³/mol. The van der Waals surface area contributed by atoms with Crippen LogP contribution >= 0.6 is 0 Å². The molecule has 4 rings (SSSR count). The Morgan fingerprint density at radius 2 is 1.60 bits per heavy atom. The zero-order chi connectivity index (χ0) is 14.0. The fraction of sp³-hybridized carbons (Fsp3) is 0.429. The van der Waals surface area contributed by atoms with E-state index < -0.39 is 23.5 Å². The van der Waals surface area contributed by atoms with Gasteiger partial charge in [-0.1, -0.05) is 0 Å². The minimum atomic E-state index is -1.07. The van der Waals surface area contributed by atoms with Gasteiger partial charge in [-0.25, -0.2) is 13.7 Å². The third-order valence-electron chi connectivity index (χ3n) is 4.45. The van der Waals surface area contributed by atoms with Crippen LogP contribution in [0.15, 0.2) is 18.2 Å². The standard InChI is InChI=1S/C14H11F2NO3/c15-7-2-1-6(5-8(7)16)17-13(18)11-9-3-4-10(20-9)12(11)14(17)19/h1-2,5,9-12H,3-4H2. The molecule has 3 fully saturated rings. The van der Waals surface area contributed by atoms with E-state index in [2.05, 4.69) is 0 Å². The van der Waals surface area contributed by atoms with E-state index in [0.717, 1.165) is 29.9 Å². The van der Waals surface area contributed by atoms with Crippen LogP contribution in [-0.4, -0.2) is 24.0 Å². The fourth-order valence-corrected chi connectivity index (χ4v) is 3.59. The summed E-state index contributed by atoms with van der Waals surface area (Å²) >= 11 is 0. The highest BCUT2D eigenvalue weighted by molar-refractivity contribution is 6.22. The Hall–Kier alpha value is -1.82. The summed E-state index contributed by atoms with van der Waals surface area (Å²) in [6.45, 7) is 0. The molecule has 0 N–H and O–H groups in total. The highest BCUT2D eigenvalue weighted by atomic mass is 19.2. The second-order valence-electron chi connectivity index (χ2n) is 5.45. The number of hydrogen-bond donors (Lipinski definition) is 0. The van der Waals surface area contributed by atoms with Crippen LogP contribution in [0.3, 0.4) is 0 Å². The number of rotatable bonds is 1. The average Bonchev–Trinajstić information content (AvgIpc) is 3.08. The molecule has 2 amide bonds. The van der Waals surface area contributed by atoms with Crippen LogP contribution in [-0.2, 0) is 14.3 Å². The summed E-state index contributed by atoms with van der Waals surface area (Å²) in [5, 5.41) is 0. The molecule has 3 aliphatic rings. The number of benzene rings is 1. The van der Waals surface area contributed by atoms with Crippen molar-refractivity contribution in [2.45, 2.75) is 25.0 Å². The lowest BCUT2D eigenvalue weighted by molar-refractivity contribution is -0.124. The molecule has 1 aromatic carbocycles. The quantitative estimate of drug-likeness (QED) is 0.734. The molecule has 0 aliphatic carbocycles. The van der Waals surface area contributed by atoms with E-state index in [1.165, 1.54) is 6.07 Å². The van der Waals surface area contributed by atoms with Crippen molar-refractivity contribution in [3.05, 3.63) is 29.8 Å². The third-order valence-corrected chi connectivity index (χ3v) is 4.45. The number of hydrogen-bond acceptors (Lipinski definition) is 3. The topological polar surface area (TPSA) is 46.6 Å². The lowest BCUT2D eigenvalue weighted by Gasteiger charge is -2.17. The lowest BCUT2D eigenvalue weighted by atomic mass is 9.81. The normalized spacial score (nSPS) is 35.0. The summed E-state index contributed by atoms with van der Waals surface area (Å²) in [6.07, 6.45) is 1.13. The summed E-state index contributed by atoms with van der Waals surface area (Å²) in [4.78, 5) is 25.8. The molecule has 0 spiro atoms. The number of halogens is 2. The van der Waals surface area contributed by atoms with Gasteiger partial charge in [0, 0.05) is 6.07 Å².